The standard InChI is InChI=1S/C25H31ClFN5O3/c1-15-12-17(19-20-22(30-23(26)29-19)31(5)14-28-20)13-18(27)21(15)34-11-8-16-6-9-32(10-7-16)24(33)35-25(2,3)4/h12-14,16H,6-11H2,1-5H3. The van der Waals surface area contributed by atoms with E-state index in [9.17, 15) is 4.79 Å². The van der Waals surface area contributed by atoms with Crippen molar-refractivity contribution in [3.05, 3.63) is 35.1 Å². The fraction of sp³-hybridized carbons (Fsp3) is 0.520. The molecule has 8 nitrogen and oxygen atoms in total. The molecule has 0 atom stereocenters. The van der Waals surface area contributed by atoms with E-state index < -0.39 is 11.4 Å². The Balaban J connectivity index is 1.37. The summed E-state index contributed by atoms with van der Waals surface area (Å²) in [6.45, 7) is 9.12. The Morgan fingerprint density at radius 3 is 2.60 bits per heavy atom. The summed E-state index contributed by atoms with van der Waals surface area (Å²) >= 11 is 6.10. The highest BCUT2D eigenvalue weighted by atomic mass is 35.5. The van der Waals surface area contributed by atoms with Crippen molar-refractivity contribution in [3.8, 4) is 17.0 Å². The van der Waals surface area contributed by atoms with Crippen LogP contribution in [0, 0.1) is 18.7 Å². The van der Waals surface area contributed by atoms with Gasteiger partial charge in [0.1, 0.15) is 16.8 Å². The monoisotopic (exact) mass is 503 g/mol. The van der Waals surface area contributed by atoms with Gasteiger partial charge in [-0.3, -0.25) is 0 Å². The molecule has 0 saturated carbocycles. The molecule has 0 aliphatic carbocycles. The molecule has 1 saturated heterocycles. The molecule has 3 aromatic rings. The minimum absolute atomic E-state index is 0.0761. The highest BCUT2D eigenvalue weighted by molar-refractivity contribution is 6.28. The molecule has 0 unspecified atom stereocenters. The number of carbonyl (C=O) groups excluding carboxylic acids is 1. The molecule has 0 N–H and O–H groups in total. The van der Waals surface area contributed by atoms with Gasteiger partial charge in [0.15, 0.2) is 17.2 Å². The van der Waals surface area contributed by atoms with E-state index in [2.05, 4.69) is 15.0 Å². The predicted octanol–water partition coefficient (Wildman–Crippen LogP) is 5.55. The van der Waals surface area contributed by atoms with Crippen LogP contribution in [-0.2, 0) is 11.8 Å². The first-order valence-electron chi connectivity index (χ1n) is 11.8. The number of amides is 1. The third-order valence-corrected chi connectivity index (χ3v) is 6.24. The number of piperidine rings is 1. The van der Waals surface area contributed by atoms with E-state index in [1.54, 1.807) is 22.7 Å². The molecule has 10 heteroatoms. The second-order valence-corrected chi connectivity index (χ2v) is 10.4. The molecule has 1 aliphatic heterocycles. The lowest BCUT2D eigenvalue weighted by Gasteiger charge is -2.33. The van der Waals surface area contributed by atoms with Crippen LogP contribution in [0.2, 0.25) is 5.28 Å². The smallest absolute Gasteiger partial charge is 0.410 e. The van der Waals surface area contributed by atoms with Crippen molar-refractivity contribution in [2.75, 3.05) is 19.7 Å². The molecule has 0 bridgehead atoms. The van der Waals surface area contributed by atoms with Crippen LogP contribution >= 0.6 is 11.6 Å². The van der Waals surface area contributed by atoms with Crippen molar-refractivity contribution in [1.29, 1.82) is 0 Å². The van der Waals surface area contributed by atoms with E-state index in [1.165, 1.54) is 6.07 Å². The first-order chi connectivity index (χ1) is 16.5. The van der Waals surface area contributed by atoms with Crippen molar-refractivity contribution in [1.82, 2.24) is 24.4 Å². The molecule has 3 heterocycles. The summed E-state index contributed by atoms with van der Waals surface area (Å²) in [7, 11) is 1.81. The lowest BCUT2D eigenvalue weighted by molar-refractivity contribution is 0.0177. The summed E-state index contributed by atoms with van der Waals surface area (Å²) in [5, 5.41) is 0.0761. The SMILES string of the molecule is Cc1cc(-c2nc(Cl)nc3c2ncn3C)cc(F)c1OCCC1CCN(C(=O)OC(C)(C)C)CC1. The number of benzene rings is 1. The van der Waals surface area contributed by atoms with Crippen molar-refractivity contribution >= 4 is 28.9 Å². The van der Waals surface area contributed by atoms with Crippen LogP contribution < -0.4 is 4.74 Å². The summed E-state index contributed by atoms with van der Waals surface area (Å²) in [5.41, 5.74) is 2.35. The van der Waals surface area contributed by atoms with Crippen molar-refractivity contribution in [2.45, 2.75) is 52.6 Å². The van der Waals surface area contributed by atoms with E-state index >= 15 is 4.39 Å². The van der Waals surface area contributed by atoms with Crippen LogP contribution in [0.3, 0.4) is 0 Å². The predicted molar refractivity (Wildman–Crippen MR) is 132 cm³/mol. The van der Waals surface area contributed by atoms with Gasteiger partial charge >= 0.3 is 6.09 Å². The topological polar surface area (TPSA) is 82.4 Å². The molecular weight excluding hydrogens is 473 g/mol. The first kappa shape index (κ1) is 25.2. The van der Waals surface area contributed by atoms with Gasteiger partial charge in [-0.05, 0) is 82.2 Å². The summed E-state index contributed by atoms with van der Waals surface area (Å²) < 4.78 is 28.1. The largest absolute Gasteiger partial charge is 0.490 e. The van der Waals surface area contributed by atoms with Crippen molar-refractivity contribution in [3.63, 3.8) is 0 Å². The number of aryl methyl sites for hydroxylation is 2. The van der Waals surface area contributed by atoms with Gasteiger partial charge < -0.3 is 18.9 Å². The Bertz CT molecular complexity index is 1210. The lowest BCUT2D eigenvalue weighted by Crippen LogP contribution is -2.41. The van der Waals surface area contributed by atoms with Gasteiger partial charge in [-0.1, -0.05) is 0 Å². The highest BCUT2D eigenvalue weighted by Gasteiger charge is 2.27. The molecule has 188 valence electrons. The van der Waals surface area contributed by atoms with Crippen LogP contribution in [0.25, 0.3) is 22.4 Å². The maximum Gasteiger partial charge on any atom is 0.410 e. The summed E-state index contributed by atoms with van der Waals surface area (Å²) in [6, 6.07) is 3.22. The quantitative estimate of drug-likeness (QED) is 0.425. The number of imidazole rings is 1. The maximum atomic E-state index is 15.1. The Morgan fingerprint density at radius 2 is 1.94 bits per heavy atom. The fourth-order valence-corrected chi connectivity index (χ4v) is 4.45. The molecule has 0 spiro atoms. The number of likely N-dealkylation sites (tertiary alicyclic amines) is 1. The Hall–Kier alpha value is -2.94. The summed E-state index contributed by atoms with van der Waals surface area (Å²) in [6.07, 6.45) is 3.89. The molecule has 0 radical (unpaired) electrons. The number of nitrogens with zero attached hydrogens (tertiary/aromatic N) is 5. The summed E-state index contributed by atoms with van der Waals surface area (Å²) in [4.78, 5) is 26.8. The van der Waals surface area contributed by atoms with Crippen LogP contribution in [0.5, 0.6) is 5.75 Å². The summed E-state index contributed by atoms with van der Waals surface area (Å²) in [5.74, 6) is 0.188. The number of ether oxygens (including phenoxy) is 2. The number of rotatable bonds is 5. The number of carbonyl (C=O) groups is 1. The van der Waals surface area contributed by atoms with E-state index in [0.29, 0.717) is 53.6 Å². The first-order valence-corrected chi connectivity index (χ1v) is 12.2. The normalized spacial score (nSPS) is 15.0. The average Bonchev–Trinajstić information content (AvgIpc) is 3.14. The second kappa shape index (κ2) is 9.97. The fourth-order valence-electron chi connectivity index (χ4n) is 4.29. The number of halogens is 2. The van der Waals surface area contributed by atoms with E-state index in [4.69, 9.17) is 21.1 Å². The Kier molecular flexibility index (Phi) is 7.17. The van der Waals surface area contributed by atoms with Crippen molar-refractivity contribution < 1.29 is 18.7 Å². The third kappa shape index (κ3) is 5.83. The average molecular weight is 504 g/mol. The minimum Gasteiger partial charge on any atom is -0.490 e. The number of hydrogen-bond donors (Lipinski definition) is 0. The van der Waals surface area contributed by atoms with Gasteiger partial charge in [-0.25, -0.2) is 19.2 Å². The van der Waals surface area contributed by atoms with E-state index in [0.717, 1.165) is 19.3 Å². The third-order valence-electron chi connectivity index (χ3n) is 6.07. The zero-order valence-electron chi connectivity index (χ0n) is 20.8. The van der Waals surface area contributed by atoms with Gasteiger partial charge in [0.2, 0.25) is 5.28 Å². The number of aromatic nitrogens is 4. The number of hydrogen-bond acceptors (Lipinski definition) is 6. The molecule has 1 fully saturated rings. The van der Waals surface area contributed by atoms with E-state index in [-0.39, 0.29) is 17.1 Å². The molecule has 1 amide bonds. The van der Waals surface area contributed by atoms with Gasteiger partial charge in [-0.15, -0.1) is 0 Å². The molecule has 4 rings (SSSR count). The maximum absolute atomic E-state index is 15.1. The number of fused-ring (bicyclic) bond motifs is 1. The van der Waals surface area contributed by atoms with Crippen molar-refractivity contribution in [2.24, 2.45) is 13.0 Å². The van der Waals surface area contributed by atoms with Crippen LogP contribution in [0.1, 0.15) is 45.6 Å². The highest BCUT2D eigenvalue weighted by Crippen LogP contribution is 2.32. The zero-order valence-corrected chi connectivity index (χ0v) is 21.5. The zero-order chi connectivity index (χ0) is 25.3. The van der Waals surface area contributed by atoms with Crippen LogP contribution in [0.15, 0.2) is 18.5 Å². The lowest BCUT2D eigenvalue weighted by atomic mass is 9.94. The Labute approximate surface area is 209 Å². The molecular formula is C25H31ClFN5O3. The Morgan fingerprint density at radius 1 is 1.23 bits per heavy atom. The van der Waals surface area contributed by atoms with Crippen LogP contribution in [0.4, 0.5) is 9.18 Å². The molecule has 2 aromatic heterocycles. The van der Waals surface area contributed by atoms with Crippen LogP contribution in [-0.4, -0.2) is 55.8 Å². The van der Waals surface area contributed by atoms with Gasteiger partial charge in [0, 0.05) is 25.7 Å². The van der Waals surface area contributed by atoms with Gasteiger partial charge in [0.25, 0.3) is 0 Å². The minimum atomic E-state index is -0.497. The van der Waals surface area contributed by atoms with E-state index in [1.807, 2.05) is 33.9 Å². The molecule has 1 aliphatic rings. The second-order valence-electron chi connectivity index (χ2n) is 10.0. The van der Waals surface area contributed by atoms with Gasteiger partial charge in [0.05, 0.1) is 12.9 Å². The van der Waals surface area contributed by atoms with Gasteiger partial charge in [-0.2, -0.15) is 4.98 Å². The molecule has 35 heavy (non-hydrogen) atoms. The molecule has 1 aromatic carbocycles.